The van der Waals surface area contributed by atoms with Gasteiger partial charge in [0.15, 0.2) is 0 Å². The third kappa shape index (κ3) is 3.71. The van der Waals surface area contributed by atoms with Crippen LogP contribution in [-0.4, -0.2) is 55.0 Å². The van der Waals surface area contributed by atoms with Gasteiger partial charge in [-0.3, -0.25) is 4.79 Å². The number of likely N-dealkylation sites (tertiary alicyclic amines) is 2. The van der Waals surface area contributed by atoms with Gasteiger partial charge in [-0.2, -0.15) is 0 Å². The van der Waals surface area contributed by atoms with Crippen LogP contribution in [0.4, 0.5) is 4.79 Å². The van der Waals surface area contributed by atoms with Crippen LogP contribution in [0.1, 0.15) is 53.9 Å². The Morgan fingerprint density at radius 3 is 2.54 bits per heavy atom. The number of benzene rings is 1. The van der Waals surface area contributed by atoms with Crippen LogP contribution in [0.3, 0.4) is 0 Å². The molecule has 0 aromatic heterocycles. The number of nitrogens with zero attached hydrogens (tertiary/aromatic N) is 2. The van der Waals surface area contributed by atoms with Crippen LogP contribution in [0.5, 0.6) is 0 Å². The van der Waals surface area contributed by atoms with Crippen molar-refractivity contribution in [3.63, 3.8) is 0 Å². The highest BCUT2D eigenvalue weighted by Crippen LogP contribution is 2.28. The molecule has 5 nitrogen and oxygen atoms in total. The summed E-state index contributed by atoms with van der Waals surface area (Å²) in [5.74, 6) is 0.459. The standard InChI is InChI=1S/C19H27N3O2/c1-20-19(24)22-12-6-9-17(14-22)15-7-5-8-16(13-15)18(23)21-10-3-2-4-11-21/h5,7-8,13,17H,2-4,6,9-12,14H2,1H3,(H,20,24)/t17-/m0/s1. The summed E-state index contributed by atoms with van der Waals surface area (Å²) < 4.78 is 0. The number of rotatable bonds is 2. The van der Waals surface area contributed by atoms with Crippen molar-refractivity contribution < 1.29 is 9.59 Å². The number of urea groups is 1. The predicted molar refractivity (Wildman–Crippen MR) is 94.2 cm³/mol. The summed E-state index contributed by atoms with van der Waals surface area (Å²) in [5.41, 5.74) is 1.96. The molecule has 1 aromatic rings. The average Bonchev–Trinajstić information content (AvgIpc) is 2.67. The Hall–Kier alpha value is -2.04. The second-order valence-corrected chi connectivity index (χ2v) is 6.82. The topological polar surface area (TPSA) is 52.7 Å². The highest BCUT2D eigenvalue weighted by atomic mass is 16.2. The molecule has 5 heteroatoms. The molecule has 0 bridgehead atoms. The number of amides is 3. The molecule has 3 amide bonds. The molecule has 1 aromatic carbocycles. The molecule has 0 spiro atoms. The molecule has 2 heterocycles. The lowest BCUT2D eigenvalue weighted by Crippen LogP contribution is -2.43. The number of piperidine rings is 2. The normalized spacial score (nSPS) is 21.5. The highest BCUT2D eigenvalue weighted by Gasteiger charge is 2.25. The highest BCUT2D eigenvalue weighted by molar-refractivity contribution is 5.94. The predicted octanol–water partition coefficient (Wildman–Crippen LogP) is 2.83. The van der Waals surface area contributed by atoms with Gasteiger partial charge in [0.25, 0.3) is 5.91 Å². The van der Waals surface area contributed by atoms with Crippen LogP contribution in [0.25, 0.3) is 0 Å². The lowest BCUT2D eigenvalue weighted by Gasteiger charge is -2.33. The summed E-state index contributed by atoms with van der Waals surface area (Å²) in [6, 6.07) is 8.01. The molecule has 24 heavy (non-hydrogen) atoms. The van der Waals surface area contributed by atoms with Crippen LogP contribution < -0.4 is 5.32 Å². The van der Waals surface area contributed by atoms with Gasteiger partial charge in [0.1, 0.15) is 0 Å². The summed E-state index contributed by atoms with van der Waals surface area (Å²) in [5, 5.41) is 2.71. The van der Waals surface area contributed by atoms with Crippen LogP contribution in [-0.2, 0) is 0 Å². The second kappa shape index (κ2) is 7.69. The van der Waals surface area contributed by atoms with Gasteiger partial charge in [-0.25, -0.2) is 4.79 Å². The largest absolute Gasteiger partial charge is 0.341 e. The van der Waals surface area contributed by atoms with Crippen molar-refractivity contribution in [1.29, 1.82) is 0 Å². The van der Waals surface area contributed by atoms with E-state index < -0.39 is 0 Å². The fraction of sp³-hybridized carbons (Fsp3) is 0.579. The quantitative estimate of drug-likeness (QED) is 0.907. The first-order chi connectivity index (χ1) is 11.7. The molecular formula is C19H27N3O2. The molecule has 2 aliphatic rings. The van der Waals surface area contributed by atoms with Crippen LogP contribution >= 0.6 is 0 Å². The molecule has 1 atom stereocenters. The molecule has 0 aliphatic carbocycles. The van der Waals surface area contributed by atoms with E-state index in [1.165, 1.54) is 12.0 Å². The van der Waals surface area contributed by atoms with Crippen LogP contribution in [0.15, 0.2) is 24.3 Å². The van der Waals surface area contributed by atoms with E-state index in [1.807, 2.05) is 28.0 Å². The minimum Gasteiger partial charge on any atom is -0.341 e. The van der Waals surface area contributed by atoms with E-state index in [0.29, 0.717) is 5.92 Å². The first-order valence-corrected chi connectivity index (χ1v) is 9.05. The second-order valence-electron chi connectivity index (χ2n) is 6.82. The van der Waals surface area contributed by atoms with E-state index >= 15 is 0 Å². The third-order valence-electron chi connectivity index (χ3n) is 5.17. The maximum absolute atomic E-state index is 12.7. The zero-order valence-electron chi connectivity index (χ0n) is 14.5. The van der Waals surface area contributed by atoms with Crippen molar-refractivity contribution in [3.8, 4) is 0 Å². The lowest BCUT2D eigenvalue weighted by molar-refractivity contribution is 0.0724. The number of hydrogen-bond donors (Lipinski definition) is 1. The van der Waals surface area contributed by atoms with Crippen molar-refractivity contribution in [2.45, 2.75) is 38.0 Å². The Morgan fingerprint density at radius 1 is 1.04 bits per heavy atom. The molecule has 0 radical (unpaired) electrons. The van der Waals surface area contributed by atoms with Gasteiger partial charge in [-0.05, 0) is 49.8 Å². The van der Waals surface area contributed by atoms with E-state index in [9.17, 15) is 9.59 Å². The zero-order valence-corrected chi connectivity index (χ0v) is 14.5. The van der Waals surface area contributed by atoms with Crippen LogP contribution in [0, 0.1) is 0 Å². The molecule has 0 saturated carbocycles. The summed E-state index contributed by atoms with van der Waals surface area (Å²) >= 11 is 0. The van der Waals surface area contributed by atoms with Gasteiger partial charge in [0, 0.05) is 44.7 Å². The lowest BCUT2D eigenvalue weighted by atomic mass is 9.89. The van der Waals surface area contributed by atoms with E-state index in [0.717, 1.165) is 57.4 Å². The Kier molecular flexibility index (Phi) is 5.38. The van der Waals surface area contributed by atoms with Gasteiger partial charge in [0.05, 0.1) is 0 Å². The molecule has 3 rings (SSSR count). The van der Waals surface area contributed by atoms with Crippen LogP contribution in [0.2, 0.25) is 0 Å². The van der Waals surface area contributed by atoms with Crippen molar-refractivity contribution >= 4 is 11.9 Å². The maximum Gasteiger partial charge on any atom is 0.317 e. The van der Waals surface area contributed by atoms with E-state index in [2.05, 4.69) is 11.4 Å². The maximum atomic E-state index is 12.7. The SMILES string of the molecule is CNC(=O)N1CCC[C@H](c2cccc(C(=O)N3CCCCC3)c2)C1. The van der Waals surface area contributed by atoms with E-state index in [4.69, 9.17) is 0 Å². The molecular weight excluding hydrogens is 302 g/mol. The molecule has 2 fully saturated rings. The number of nitrogens with one attached hydrogen (secondary N) is 1. The molecule has 2 saturated heterocycles. The van der Waals surface area contributed by atoms with Crippen molar-refractivity contribution in [1.82, 2.24) is 15.1 Å². The summed E-state index contributed by atoms with van der Waals surface area (Å²) in [7, 11) is 1.67. The Labute approximate surface area is 144 Å². The molecule has 1 N–H and O–H groups in total. The number of carbonyl (C=O) groups is 2. The van der Waals surface area contributed by atoms with Gasteiger partial charge >= 0.3 is 6.03 Å². The Bertz CT molecular complexity index is 596. The molecule has 130 valence electrons. The minimum atomic E-state index is -0.0137. The number of hydrogen-bond acceptors (Lipinski definition) is 2. The van der Waals surface area contributed by atoms with E-state index in [1.54, 1.807) is 7.05 Å². The molecule has 2 aliphatic heterocycles. The van der Waals surface area contributed by atoms with E-state index in [-0.39, 0.29) is 11.9 Å². The average molecular weight is 329 g/mol. The monoisotopic (exact) mass is 329 g/mol. The fourth-order valence-electron chi connectivity index (χ4n) is 3.80. The van der Waals surface area contributed by atoms with Crippen molar-refractivity contribution in [3.05, 3.63) is 35.4 Å². The number of carbonyl (C=O) groups excluding carboxylic acids is 2. The minimum absolute atomic E-state index is 0.0137. The smallest absolute Gasteiger partial charge is 0.317 e. The van der Waals surface area contributed by atoms with Gasteiger partial charge in [0.2, 0.25) is 0 Å². The van der Waals surface area contributed by atoms with Crippen molar-refractivity contribution in [2.24, 2.45) is 0 Å². The summed E-state index contributed by atoms with van der Waals surface area (Å²) in [6.07, 6.45) is 5.50. The molecule has 0 unspecified atom stereocenters. The third-order valence-corrected chi connectivity index (χ3v) is 5.17. The Balaban J connectivity index is 1.72. The Morgan fingerprint density at radius 2 is 1.79 bits per heavy atom. The van der Waals surface area contributed by atoms with Crippen molar-refractivity contribution in [2.75, 3.05) is 33.2 Å². The summed E-state index contributed by atoms with van der Waals surface area (Å²) in [4.78, 5) is 28.4. The zero-order chi connectivity index (χ0) is 16.9. The first kappa shape index (κ1) is 16.8. The first-order valence-electron chi connectivity index (χ1n) is 9.05. The fourth-order valence-corrected chi connectivity index (χ4v) is 3.80. The van der Waals surface area contributed by atoms with Gasteiger partial charge in [-0.15, -0.1) is 0 Å². The summed E-state index contributed by atoms with van der Waals surface area (Å²) in [6.45, 7) is 3.28. The van der Waals surface area contributed by atoms with Gasteiger partial charge < -0.3 is 15.1 Å². The van der Waals surface area contributed by atoms with Gasteiger partial charge in [-0.1, -0.05) is 12.1 Å².